The largest absolute Gasteiger partial charge is 0.494 e. The molecule has 0 unspecified atom stereocenters. The number of hydrogen-bond donors (Lipinski definition) is 0. The predicted octanol–water partition coefficient (Wildman–Crippen LogP) is 6.96. The first-order valence-corrected chi connectivity index (χ1v) is 12.3. The van der Waals surface area contributed by atoms with Gasteiger partial charge in [0.1, 0.15) is 5.82 Å². The van der Waals surface area contributed by atoms with Crippen molar-refractivity contribution in [1.29, 1.82) is 0 Å². The van der Waals surface area contributed by atoms with Crippen molar-refractivity contribution >= 4 is 38.6 Å². The molecule has 180 valence electrons. The van der Waals surface area contributed by atoms with Gasteiger partial charge in [-0.25, -0.2) is 18.2 Å². The minimum Gasteiger partial charge on any atom is -0.494 e. The van der Waals surface area contributed by atoms with E-state index in [-0.39, 0.29) is 30.5 Å². The zero-order valence-corrected chi connectivity index (χ0v) is 20.3. The number of amides is 1. The van der Waals surface area contributed by atoms with Crippen molar-refractivity contribution in [3.63, 3.8) is 0 Å². The number of nitrogens with zero attached hydrogens (tertiary/aromatic N) is 3. The van der Waals surface area contributed by atoms with Gasteiger partial charge < -0.3 is 14.2 Å². The van der Waals surface area contributed by atoms with E-state index in [1.54, 1.807) is 11.0 Å². The molecule has 2 aliphatic rings. The van der Waals surface area contributed by atoms with E-state index in [0.29, 0.717) is 43.6 Å². The lowest BCUT2D eigenvalue weighted by Crippen LogP contribution is -2.40. The lowest BCUT2D eigenvalue weighted by molar-refractivity contribution is -0.120. The van der Waals surface area contributed by atoms with E-state index in [1.807, 2.05) is 22.8 Å². The van der Waals surface area contributed by atoms with Crippen LogP contribution in [0.5, 0.6) is 5.75 Å². The van der Waals surface area contributed by atoms with Crippen LogP contribution in [0.1, 0.15) is 62.9 Å². The molecule has 5 nitrogen and oxygen atoms in total. The van der Waals surface area contributed by atoms with Gasteiger partial charge in [-0.15, -0.1) is 0 Å². The van der Waals surface area contributed by atoms with Crippen LogP contribution < -0.4 is 9.64 Å². The molecule has 2 aromatic carbocycles. The van der Waals surface area contributed by atoms with Crippen molar-refractivity contribution in [2.24, 2.45) is 0 Å². The third-order valence-electron chi connectivity index (χ3n) is 6.89. The Bertz CT molecular complexity index is 1240. The summed E-state index contributed by atoms with van der Waals surface area (Å²) in [5.41, 5.74) is 2.02. The summed E-state index contributed by atoms with van der Waals surface area (Å²) in [6.07, 6.45) is 1.99. The van der Waals surface area contributed by atoms with Crippen LogP contribution in [0.4, 0.5) is 18.9 Å². The number of carbonyl (C=O) groups excluding carboxylic acids is 1. The minimum atomic E-state index is -2.65. The van der Waals surface area contributed by atoms with Gasteiger partial charge in [0, 0.05) is 41.5 Å². The molecule has 3 aromatic rings. The lowest BCUT2D eigenvalue weighted by atomic mass is 9.91. The predicted molar refractivity (Wildman–Crippen MR) is 127 cm³/mol. The number of fused-ring (bicyclic) bond motifs is 1. The van der Waals surface area contributed by atoms with E-state index in [2.05, 4.69) is 15.9 Å². The van der Waals surface area contributed by atoms with Gasteiger partial charge in [0.2, 0.25) is 11.8 Å². The van der Waals surface area contributed by atoms with Crippen LogP contribution in [0.25, 0.3) is 11.0 Å². The summed E-state index contributed by atoms with van der Waals surface area (Å²) in [5, 5.41) is 0. The number of benzene rings is 2. The van der Waals surface area contributed by atoms with Crippen LogP contribution in [-0.4, -0.2) is 28.5 Å². The van der Waals surface area contributed by atoms with Crippen LogP contribution in [0.2, 0.25) is 0 Å². The Balaban J connectivity index is 1.63. The van der Waals surface area contributed by atoms with Crippen LogP contribution in [-0.2, 0) is 4.79 Å². The van der Waals surface area contributed by atoms with Crippen LogP contribution in [0.3, 0.4) is 0 Å². The van der Waals surface area contributed by atoms with E-state index in [4.69, 9.17) is 9.72 Å². The summed E-state index contributed by atoms with van der Waals surface area (Å²) in [5.74, 6) is -2.55. The molecule has 1 aliphatic carbocycles. The zero-order chi connectivity index (χ0) is 24.0. The number of halogens is 4. The van der Waals surface area contributed by atoms with Crippen molar-refractivity contribution < 1.29 is 22.7 Å². The van der Waals surface area contributed by atoms with Crippen molar-refractivity contribution in [3.8, 4) is 5.75 Å². The molecule has 0 N–H and O–H groups in total. The maximum absolute atomic E-state index is 14.6. The maximum atomic E-state index is 14.6. The van der Waals surface area contributed by atoms with E-state index < -0.39 is 17.8 Å². The van der Waals surface area contributed by atoms with Crippen molar-refractivity contribution in [3.05, 3.63) is 52.5 Å². The number of anilines is 1. The summed E-state index contributed by atoms with van der Waals surface area (Å²) in [6, 6.07) is 9.65. The van der Waals surface area contributed by atoms with Gasteiger partial charge in [0.25, 0.3) is 0 Å². The van der Waals surface area contributed by atoms with Crippen molar-refractivity contribution in [2.45, 2.75) is 63.0 Å². The second kappa shape index (κ2) is 8.91. The molecule has 2 fully saturated rings. The first-order chi connectivity index (χ1) is 16.3. The fourth-order valence-electron chi connectivity index (χ4n) is 5.24. The van der Waals surface area contributed by atoms with E-state index in [0.717, 1.165) is 15.5 Å². The normalized spacial score (nSPS) is 21.3. The molecule has 0 radical (unpaired) electrons. The van der Waals surface area contributed by atoms with Gasteiger partial charge in [-0.05, 0) is 56.0 Å². The number of ether oxygens (including phenoxy) is 1. The Kier molecular flexibility index (Phi) is 6.08. The van der Waals surface area contributed by atoms with Gasteiger partial charge in [0.05, 0.1) is 24.2 Å². The van der Waals surface area contributed by atoms with Crippen molar-refractivity contribution in [1.82, 2.24) is 9.55 Å². The third kappa shape index (κ3) is 4.19. The highest BCUT2D eigenvalue weighted by atomic mass is 79.9. The average Bonchev–Trinajstić information content (AvgIpc) is 3.17. The Hall–Kier alpha value is -2.55. The molecule has 1 aliphatic heterocycles. The summed E-state index contributed by atoms with van der Waals surface area (Å²) >= 11 is 3.49. The van der Waals surface area contributed by atoms with Gasteiger partial charge >= 0.3 is 0 Å². The Morgan fingerprint density at radius 3 is 2.59 bits per heavy atom. The highest BCUT2D eigenvalue weighted by Gasteiger charge is 2.39. The molecule has 34 heavy (non-hydrogen) atoms. The molecule has 1 amide bonds. The third-order valence-corrected chi connectivity index (χ3v) is 7.38. The number of alkyl halides is 2. The molecular formula is C25H25BrF3N3O2. The fraction of sp³-hybridized carbons (Fsp3) is 0.440. The number of rotatable bonds is 4. The molecule has 1 saturated heterocycles. The number of piperidine rings is 1. The number of imidazole rings is 1. The first kappa shape index (κ1) is 23.2. The second-order valence-corrected chi connectivity index (χ2v) is 9.97. The molecule has 1 aromatic heterocycles. The van der Waals surface area contributed by atoms with Crippen LogP contribution in [0, 0.1) is 5.82 Å². The van der Waals surface area contributed by atoms with E-state index in [9.17, 15) is 18.0 Å². The Morgan fingerprint density at radius 1 is 1.12 bits per heavy atom. The smallest absolute Gasteiger partial charge is 0.248 e. The van der Waals surface area contributed by atoms with Gasteiger partial charge in [-0.1, -0.05) is 15.9 Å². The number of carbonyl (C=O) groups is 1. The van der Waals surface area contributed by atoms with E-state index in [1.165, 1.54) is 19.2 Å². The first-order valence-electron chi connectivity index (χ1n) is 11.5. The Morgan fingerprint density at radius 2 is 1.88 bits per heavy atom. The van der Waals surface area contributed by atoms with Gasteiger partial charge in [-0.3, -0.25) is 4.79 Å². The van der Waals surface area contributed by atoms with Crippen molar-refractivity contribution in [2.75, 3.05) is 12.0 Å². The maximum Gasteiger partial charge on any atom is 0.248 e. The summed E-state index contributed by atoms with van der Waals surface area (Å²) in [4.78, 5) is 19.6. The summed E-state index contributed by atoms with van der Waals surface area (Å²) < 4.78 is 50.4. The molecule has 2 heterocycles. The van der Waals surface area contributed by atoms with Crippen LogP contribution in [0.15, 0.2) is 40.9 Å². The Labute approximate surface area is 204 Å². The van der Waals surface area contributed by atoms with E-state index >= 15 is 0 Å². The second-order valence-electron chi connectivity index (χ2n) is 9.05. The molecular weight excluding hydrogens is 511 g/mol. The summed E-state index contributed by atoms with van der Waals surface area (Å²) in [6.45, 7) is 0. The number of hydrogen-bond acceptors (Lipinski definition) is 3. The number of aromatic nitrogens is 2. The highest BCUT2D eigenvalue weighted by Crippen LogP contribution is 2.44. The molecule has 1 saturated carbocycles. The van der Waals surface area contributed by atoms with Crippen LogP contribution >= 0.6 is 15.9 Å². The highest BCUT2D eigenvalue weighted by molar-refractivity contribution is 9.10. The monoisotopic (exact) mass is 535 g/mol. The topological polar surface area (TPSA) is 47.4 Å². The number of methoxy groups -OCH3 is 1. The van der Waals surface area contributed by atoms with Gasteiger partial charge in [0.15, 0.2) is 11.6 Å². The lowest BCUT2D eigenvalue weighted by Gasteiger charge is -2.37. The summed E-state index contributed by atoms with van der Waals surface area (Å²) in [7, 11) is 1.39. The van der Waals surface area contributed by atoms with Gasteiger partial charge in [-0.2, -0.15) is 0 Å². The molecule has 5 rings (SSSR count). The minimum absolute atomic E-state index is 0.102. The fourth-order valence-corrected chi connectivity index (χ4v) is 5.59. The quantitative estimate of drug-likeness (QED) is 0.363. The molecule has 9 heteroatoms. The SMILES string of the molecule is COc1ccc(N2C(=O)CCC[C@H]2c2nc3cc(Br)ccc3n2C2CCC(F)(F)CC2)cc1F. The molecule has 0 bridgehead atoms. The average molecular weight is 536 g/mol. The zero-order valence-electron chi connectivity index (χ0n) is 18.7. The molecule has 0 spiro atoms. The molecule has 1 atom stereocenters. The standard InChI is InChI=1S/C25H25BrF3N3O2/c1-34-22-8-6-17(14-18(22)27)31-21(3-2-4-23(31)33)24-30-19-13-15(26)5-7-20(19)32(24)16-9-11-25(28,29)12-10-16/h5-8,13-14,16,21H,2-4,9-12H2,1H3/t21-/m0/s1.